The van der Waals surface area contributed by atoms with E-state index in [4.69, 9.17) is 0 Å². The molecular formula is C19H21N3O2. The van der Waals surface area contributed by atoms with Crippen LogP contribution < -0.4 is 4.90 Å². The largest absolute Gasteiger partial charge is 0.325 e. The summed E-state index contributed by atoms with van der Waals surface area (Å²) < 4.78 is 0. The van der Waals surface area contributed by atoms with Crippen LogP contribution in [0.25, 0.3) is 0 Å². The highest BCUT2D eigenvalue weighted by atomic mass is 16.2. The molecule has 0 aliphatic carbocycles. The third-order valence-corrected chi connectivity index (χ3v) is 4.46. The van der Waals surface area contributed by atoms with Crippen LogP contribution >= 0.6 is 0 Å². The predicted molar refractivity (Wildman–Crippen MR) is 93.0 cm³/mol. The van der Waals surface area contributed by atoms with Crippen molar-refractivity contribution in [1.82, 2.24) is 9.88 Å². The quantitative estimate of drug-likeness (QED) is 0.853. The first-order chi connectivity index (χ1) is 11.5. The Bertz CT molecular complexity index is 770. The fraction of sp³-hybridized carbons (Fsp3) is 0.316. The van der Waals surface area contributed by atoms with Gasteiger partial charge < -0.3 is 9.80 Å². The van der Waals surface area contributed by atoms with E-state index >= 15 is 0 Å². The molecule has 5 nitrogen and oxygen atoms in total. The van der Waals surface area contributed by atoms with Gasteiger partial charge in [0.1, 0.15) is 6.54 Å². The molecule has 0 spiro atoms. The van der Waals surface area contributed by atoms with E-state index in [1.165, 1.54) is 0 Å². The molecule has 0 unspecified atom stereocenters. The van der Waals surface area contributed by atoms with Crippen molar-refractivity contribution in [2.75, 3.05) is 18.0 Å². The predicted octanol–water partition coefficient (Wildman–Crippen LogP) is 2.58. The number of amides is 2. The number of aromatic nitrogens is 1. The number of nitrogens with zero attached hydrogens (tertiary/aromatic N) is 3. The zero-order valence-electron chi connectivity index (χ0n) is 14.2. The van der Waals surface area contributed by atoms with Crippen molar-refractivity contribution < 1.29 is 9.59 Å². The second-order valence-corrected chi connectivity index (χ2v) is 6.31. The van der Waals surface area contributed by atoms with E-state index in [2.05, 4.69) is 4.98 Å². The summed E-state index contributed by atoms with van der Waals surface area (Å²) in [7, 11) is 0. The second kappa shape index (κ2) is 6.43. The van der Waals surface area contributed by atoms with Gasteiger partial charge in [0.25, 0.3) is 5.91 Å². The summed E-state index contributed by atoms with van der Waals surface area (Å²) in [5, 5.41) is 0. The molecule has 2 heterocycles. The molecule has 1 saturated heterocycles. The van der Waals surface area contributed by atoms with Gasteiger partial charge in [-0.25, -0.2) is 0 Å². The molecule has 1 aliphatic heterocycles. The molecule has 1 aromatic carbocycles. The van der Waals surface area contributed by atoms with Crippen molar-refractivity contribution in [3.8, 4) is 0 Å². The molecule has 24 heavy (non-hydrogen) atoms. The Morgan fingerprint density at radius 2 is 1.88 bits per heavy atom. The maximum absolute atomic E-state index is 12.8. The summed E-state index contributed by atoms with van der Waals surface area (Å²) in [5.41, 5.74) is 3.46. The molecular weight excluding hydrogens is 302 g/mol. The van der Waals surface area contributed by atoms with Gasteiger partial charge in [-0.3, -0.25) is 14.6 Å². The lowest BCUT2D eigenvalue weighted by atomic mass is 10.1. The Morgan fingerprint density at radius 1 is 1.17 bits per heavy atom. The number of anilines is 1. The average molecular weight is 323 g/mol. The molecule has 2 amide bonds. The van der Waals surface area contributed by atoms with Crippen molar-refractivity contribution in [3.63, 3.8) is 0 Å². The van der Waals surface area contributed by atoms with Crippen LogP contribution in [0.3, 0.4) is 0 Å². The Morgan fingerprint density at radius 3 is 2.54 bits per heavy atom. The second-order valence-electron chi connectivity index (χ2n) is 6.31. The molecule has 0 N–H and O–H groups in total. The van der Waals surface area contributed by atoms with Crippen LogP contribution in [-0.2, 0) is 4.79 Å². The molecule has 2 aromatic rings. The Kier molecular flexibility index (Phi) is 4.34. The van der Waals surface area contributed by atoms with Crippen molar-refractivity contribution in [2.24, 2.45) is 0 Å². The minimum Gasteiger partial charge on any atom is -0.325 e. The van der Waals surface area contributed by atoms with Crippen molar-refractivity contribution >= 4 is 17.5 Å². The molecule has 1 aliphatic rings. The number of hydrogen-bond donors (Lipinski definition) is 0. The Hall–Kier alpha value is -2.69. The molecule has 1 aromatic heterocycles. The van der Waals surface area contributed by atoms with Crippen molar-refractivity contribution in [3.05, 3.63) is 59.4 Å². The molecule has 3 rings (SSSR count). The fourth-order valence-electron chi connectivity index (χ4n) is 2.94. The minimum absolute atomic E-state index is 0.0592. The number of carbonyl (C=O) groups excluding carboxylic acids is 2. The molecule has 1 atom stereocenters. The standard InChI is InChI=1S/C19H21N3O2/c1-13-4-6-16(7-5-13)22-11-15(3)21(12-18(22)23)19(24)17-10-20-9-8-14(17)2/h4-10,15H,11-12H2,1-3H3/t15-/m1/s1. The Labute approximate surface area is 141 Å². The van der Waals surface area contributed by atoms with E-state index in [1.54, 1.807) is 22.2 Å². The van der Waals surface area contributed by atoms with Gasteiger partial charge in [0, 0.05) is 30.7 Å². The van der Waals surface area contributed by atoms with Gasteiger partial charge in [-0.2, -0.15) is 0 Å². The molecule has 124 valence electrons. The van der Waals surface area contributed by atoms with Crippen LogP contribution in [-0.4, -0.2) is 40.8 Å². The van der Waals surface area contributed by atoms with Crippen LogP contribution in [0.5, 0.6) is 0 Å². The van der Waals surface area contributed by atoms with Crippen LogP contribution in [0.4, 0.5) is 5.69 Å². The summed E-state index contributed by atoms with van der Waals surface area (Å²) in [6, 6.07) is 9.62. The van der Waals surface area contributed by atoms with Gasteiger partial charge in [0.15, 0.2) is 0 Å². The van der Waals surface area contributed by atoms with Gasteiger partial charge >= 0.3 is 0 Å². The normalized spacial score (nSPS) is 18.0. The number of aryl methyl sites for hydroxylation is 2. The van der Waals surface area contributed by atoms with E-state index in [0.29, 0.717) is 12.1 Å². The number of hydrogen-bond acceptors (Lipinski definition) is 3. The first kappa shape index (κ1) is 16.2. The lowest BCUT2D eigenvalue weighted by Gasteiger charge is -2.39. The first-order valence-electron chi connectivity index (χ1n) is 8.06. The summed E-state index contributed by atoms with van der Waals surface area (Å²) >= 11 is 0. The monoisotopic (exact) mass is 323 g/mol. The zero-order chi connectivity index (χ0) is 17.3. The number of benzene rings is 1. The molecule has 0 bridgehead atoms. The first-order valence-corrected chi connectivity index (χ1v) is 8.06. The number of piperazine rings is 1. The van der Waals surface area contributed by atoms with Crippen molar-refractivity contribution in [2.45, 2.75) is 26.8 Å². The van der Waals surface area contributed by atoms with E-state index in [-0.39, 0.29) is 24.4 Å². The van der Waals surface area contributed by atoms with Crippen LogP contribution in [0.15, 0.2) is 42.7 Å². The van der Waals surface area contributed by atoms with E-state index < -0.39 is 0 Å². The van der Waals surface area contributed by atoms with Gasteiger partial charge in [-0.1, -0.05) is 17.7 Å². The van der Waals surface area contributed by atoms with Crippen LogP contribution in [0, 0.1) is 13.8 Å². The summed E-state index contributed by atoms with van der Waals surface area (Å²) in [4.78, 5) is 32.8. The van der Waals surface area contributed by atoms with E-state index in [0.717, 1.165) is 16.8 Å². The minimum atomic E-state index is -0.134. The number of carbonyl (C=O) groups is 2. The lowest BCUT2D eigenvalue weighted by Crippen LogP contribution is -2.57. The highest BCUT2D eigenvalue weighted by Gasteiger charge is 2.34. The summed E-state index contributed by atoms with van der Waals surface area (Å²) in [6.45, 7) is 6.44. The third-order valence-electron chi connectivity index (χ3n) is 4.46. The maximum Gasteiger partial charge on any atom is 0.256 e. The zero-order valence-corrected chi connectivity index (χ0v) is 14.2. The fourth-order valence-corrected chi connectivity index (χ4v) is 2.94. The molecule has 5 heteroatoms. The summed E-state index contributed by atoms with van der Waals surface area (Å²) in [6.07, 6.45) is 3.23. The third kappa shape index (κ3) is 3.02. The van der Waals surface area contributed by atoms with Crippen molar-refractivity contribution in [1.29, 1.82) is 0 Å². The summed E-state index contributed by atoms with van der Waals surface area (Å²) in [5.74, 6) is -0.197. The topological polar surface area (TPSA) is 53.5 Å². The average Bonchev–Trinajstić information content (AvgIpc) is 2.57. The highest BCUT2D eigenvalue weighted by molar-refractivity contribution is 6.02. The van der Waals surface area contributed by atoms with Crippen LogP contribution in [0.1, 0.15) is 28.4 Å². The Balaban J connectivity index is 1.81. The maximum atomic E-state index is 12.8. The highest BCUT2D eigenvalue weighted by Crippen LogP contribution is 2.22. The molecule has 0 radical (unpaired) electrons. The van der Waals surface area contributed by atoms with E-state index in [9.17, 15) is 9.59 Å². The van der Waals surface area contributed by atoms with Gasteiger partial charge in [0.05, 0.1) is 5.56 Å². The van der Waals surface area contributed by atoms with Gasteiger partial charge in [-0.05, 0) is 44.5 Å². The molecule has 1 fully saturated rings. The number of rotatable bonds is 2. The lowest BCUT2D eigenvalue weighted by molar-refractivity contribution is -0.121. The van der Waals surface area contributed by atoms with Crippen LogP contribution in [0.2, 0.25) is 0 Å². The number of pyridine rings is 1. The van der Waals surface area contributed by atoms with Gasteiger partial charge in [0.2, 0.25) is 5.91 Å². The molecule has 0 saturated carbocycles. The smallest absolute Gasteiger partial charge is 0.256 e. The SMILES string of the molecule is Cc1ccc(N2C[C@@H](C)N(C(=O)c3cnccc3C)CC2=O)cc1. The van der Waals surface area contributed by atoms with E-state index in [1.807, 2.05) is 51.1 Å². The van der Waals surface area contributed by atoms with Gasteiger partial charge in [-0.15, -0.1) is 0 Å².